The Morgan fingerprint density at radius 1 is 1.54 bits per heavy atom. The predicted molar refractivity (Wildman–Crippen MR) is 47.4 cm³/mol. The average Bonchev–Trinajstić information content (AvgIpc) is 1.84. The van der Waals surface area contributed by atoms with Crippen LogP contribution in [0, 0.1) is 0 Å². The van der Waals surface area contributed by atoms with Gasteiger partial charge in [-0.15, -0.1) is 0 Å². The van der Waals surface area contributed by atoms with Crippen molar-refractivity contribution in [3.05, 3.63) is 0 Å². The minimum Gasteiger partial charge on any atom is -1.00 e. The van der Waals surface area contributed by atoms with Crippen LogP contribution in [0.15, 0.2) is 0 Å². The summed E-state index contributed by atoms with van der Waals surface area (Å²) < 4.78 is 26.5. The first-order chi connectivity index (χ1) is 5.48. The van der Waals surface area contributed by atoms with E-state index in [4.69, 9.17) is 5.11 Å². The van der Waals surface area contributed by atoms with Crippen molar-refractivity contribution < 1.29 is 48.7 Å². The predicted octanol–water partition coefficient (Wildman–Crippen LogP) is -2.37. The summed E-state index contributed by atoms with van der Waals surface area (Å²) in [6, 6.07) is 0. The van der Waals surface area contributed by atoms with Crippen molar-refractivity contribution in [2.24, 2.45) is 0 Å². The molecule has 4 nitrogen and oxygen atoms in total. The van der Waals surface area contributed by atoms with E-state index < -0.39 is 16.2 Å². The van der Waals surface area contributed by atoms with E-state index in [-0.39, 0.29) is 43.3 Å². The molecule has 0 radical (unpaired) electrons. The van der Waals surface area contributed by atoms with Gasteiger partial charge in [0.25, 0.3) is 10.1 Å². The first kappa shape index (κ1) is 16.3. The molecule has 1 N–H and O–H groups in total. The van der Waals surface area contributed by atoms with Crippen LogP contribution in [0.5, 0.6) is 0 Å². The van der Waals surface area contributed by atoms with Crippen LogP contribution >= 0.6 is 0 Å². The number of hydrogen-bond acceptors (Lipinski definition) is 4. The number of rotatable bonds is 6. The number of unbranched alkanes of at least 4 members (excludes halogenated alkanes) is 1. The summed E-state index contributed by atoms with van der Waals surface area (Å²) in [5.74, 6) is -0.323. The molecule has 0 aliphatic rings. The molecule has 1 unspecified atom stereocenters. The van der Waals surface area contributed by atoms with Crippen LogP contribution < -0.4 is 29.6 Å². The standard InChI is InChI=1S/C7H16O4S.Na.H/c1-3-4-5-11-12(9,10)6-7(2)8;;/h7-8H,3-6H2,1-2H3;;/q;+1;-1. The van der Waals surface area contributed by atoms with Gasteiger partial charge in [0.1, 0.15) is 5.75 Å². The molecule has 0 amide bonds. The molecule has 0 saturated heterocycles. The van der Waals surface area contributed by atoms with Crippen LogP contribution in [0.4, 0.5) is 0 Å². The van der Waals surface area contributed by atoms with Crippen molar-refractivity contribution in [2.45, 2.75) is 32.8 Å². The normalized spacial score (nSPS) is 13.5. The second kappa shape index (κ2) is 8.20. The summed E-state index contributed by atoms with van der Waals surface area (Å²) >= 11 is 0. The molecule has 0 bridgehead atoms. The summed E-state index contributed by atoms with van der Waals surface area (Å²) in [7, 11) is -3.50. The molecule has 0 aromatic carbocycles. The smallest absolute Gasteiger partial charge is 1.00 e. The van der Waals surface area contributed by atoms with Gasteiger partial charge in [-0.1, -0.05) is 13.3 Å². The fourth-order valence-electron chi connectivity index (χ4n) is 0.674. The van der Waals surface area contributed by atoms with Gasteiger partial charge in [-0.05, 0) is 13.3 Å². The SMILES string of the molecule is CCCCOS(=O)(=O)CC(C)O.[H-].[Na+]. The summed E-state index contributed by atoms with van der Waals surface area (Å²) in [5, 5.41) is 8.79. The second-order valence-corrected chi connectivity index (χ2v) is 4.43. The Hall–Kier alpha value is 0.870. The van der Waals surface area contributed by atoms with Gasteiger partial charge in [0.15, 0.2) is 0 Å². The maximum Gasteiger partial charge on any atom is 1.00 e. The summed E-state index contributed by atoms with van der Waals surface area (Å²) in [4.78, 5) is 0. The second-order valence-electron chi connectivity index (χ2n) is 2.75. The Labute approximate surface area is 104 Å². The Bertz CT molecular complexity index is 206. The van der Waals surface area contributed by atoms with E-state index in [1.807, 2.05) is 6.92 Å². The molecule has 1 atom stereocenters. The Morgan fingerprint density at radius 3 is 2.46 bits per heavy atom. The molecule has 0 aromatic rings. The summed E-state index contributed by atoms with van der Waals surface area (Å²) in [6.45, 7) is 3.58. The zero-order valence-corrected chi connectivity index (χ0v) is 11.3. The van der Waals surface area contributed by atoms with Crippen molar-refractivity contribution in [1.29, 1.82) is 0 Å². The van der Waals surface area contributed by atoms with Crippen LogP contribution in [0.2, 0.25) is 0 Å². The molecule has 0 aliphatic carbocycles. The third-order valence-corrected chi connectivity index (χ3v) is 2.62. The van der Waals surface area contributed by atoms with Gasteiger partial charge in [0, 0.05) is 0 Å². The zero-order chi connectivity index (χ0) is 9.61. The van der Waals surface area contributed by atoms with Crippen molar-refractivity contribution in [3.63, 3.8) is 0 Å². The molecule has 6 heteroatoms. The minimum absolute atomic E-state index is 0. The van der Waals surface area contributed by atoms with Crippen molar-refractivity contribution in [2.75, 3.05) is 12.4 Å². The average molecular weight is 220 g/mol. The Kier molecular flexibility index (Phi) is 10.3. The molecule has 0 heterocycles. The Balaban J connectivity index is -0.000000605. The molecule has 0 aliphatic heterocycles. The molecular formula is C7H17NaO4S. The molecule has 0 rings (SSSR count). The summed E-state index contributed by atoms with van der Waals surface area (Å²) in [5.41, 5.74) is 0. The Morgan fingerprint density at radius 2 is 2.08 bits per heavy atom. The van der Waals surface area contributed by atoms with Crippen LogP contribution in [0.25, 0.3) is 0 Å². The molecule has 0 fully saturated rings. The first-order valence-corrected chi connectivity index (χ1v) is 5.61. The monoisotopic (exact) mass is 220 g/mol. The largest absolute Gasteiger partial charge is 1.00 e. The van der Waals surface area contributed by atoms with Gasteiger partial charge in [0.2, 0.25) is 0 Å². The molecule has 13 heavy (non-hydrogen) atoms. The zero-order valence-electron chi connectivity index (χ0n) is 9.49. The van der Waals surface area contributed by atoms with E-state index in [0.717, 1.165) is 12.8 Å². The van der Waals surface area contributed by atoms with Gasteiger partial charge < -0.3 is 6.53 Å². The number of hydrogen-bond donors (Lipinski definition) is 1. The van der Waals surface area contributed by atoms with Crippen LogP contribution in [0.1, 0.15) is 28.1 Å². The molecule has 0 aromatic heterocycles. The molecule has 0 saturated carbocycles. The van der Waals surface area contributed by atoms with E-state index in [1.165, 1.54) is 6.92 Å². The van der Waals surface area contributed by atoms with Crippen LogP contribution in [-0.2, 0) is 14.3 Å². The van der Waals surface area contributed by atoms with Gasteiger partial charge >= 0.3 is 29.6 Å². The van der Waals surface area contributed by atoms with Crippen LogP contribution in [-0.4, -0.2) is 32.0 Å². The fraction of sp³-hybridized carbons (Fsp3) is 1.00. The minimum atomic E-state index is -3.50. The molecule has 76 valence electrons. The fourth-order valence-corrected chi connectivity index (χ4v) is 1.73. The van der Waals surface area contributed by atoms with E-state index >= 15 is 0 Å². The molecule has 0 spiro atoms. The van der Waals surface area contributed by atoms with Gasteiger partial charge in [-0.3, -0.25) is 4.18 Å². The van der Waals surface area contributed by atoms with E-state index in [2.05, 4.69) is 4.18 Å². The quantitative estimate of drug-likeness (QED) is 0.309. The van der Waals surface area contributed by atoms with E-state index in [0.29, 0.717) is 0 Å². The number of aliphatic hydroxyl groups is 1. The van der Waals surface area contributed by atoms with E-state index in [1.54, 1.807) is 0 Å². The maximum atomic E-state index is 10.9. The van der Waals surface area contributed by atoms with Gasteiger partial charge in [-0.25, -0.2) is 0 Å². The van der Waals surface area contributed by atoms with Crippen molar-refractivity contribution in [1.82, 2.24) is 0 Å². The first-order valence-electron chi connectivity index (χ1n) is 4.03. The van der Waals surface area contributed by atoms with Gasteiger partial charge in [-0.2, -0.15) is 8.42 Å². The third kappa shape index (κ3) is 10.8. The van der Waals surface area contributed by atoms with Gasteiger partial charge in [0.05, 0.1) is 12.7 Å². The van der Waals surface area contributed by atoms with Crippen molar-refractivity contribution in [3.8, 4) is 0 Å². The molecular weight excluding hydrogens is 203 g/mol. The summed E-state index contributed by atoms with van der Waals surface area (Å²) in [6.07, 6.45) is 0.750. The topological polar surface area (TPSA) is 63.6 Å². The third-order valence-electron chi connectivity index (χ3n) is 1.21. The number of aliphatic hydroxyl groups excluding tert-OH is 1. The van der Waals surface area contributed by atoms with Crippen LogP contribution in [0.3, 0.4) is 0 Å². The van der Waals surface area contributed by atoms with E-state index in [9.17, 15) is 8.42 Å². The maximum absolute atomic E-state index is 10.9. The van der Waals surface area contributed by atoms with Crippen molar-refractivity contribution >= 4 is 10.1 Å².